The van der Waals surface area contributed by atoms with Crippen LogP contribution in [0.5, 0.6) is 0 Å². The second kappa shape index (κ2) is 20.6. The molecule has 0 aromatic rings. The first-order valence-corrected chi connectivity index (χ1v) is 6.10. The summed E-state index contributed by atoms with van der Waals surface area (Å²) in [6, 6.07) is 2.64. The lowest BCUT2D eigenvalue weighted by Crippen LogP contribution is -2.13. The largest absolute Gasteiger partial charge is 0.309 e. The van der Waals surface area contributed by atoms with E-state index in [1.165, 1.54) is 0 Å². The van der Waals surface area contributed by atoms with Gasteiger partial charge >= 0.3 is 0 Å². The molecule has 0 heterocycles. The lowest BCUT2D eigenvalue weighted by Gasteiger charge is -2.05. The third-order valence-electron chi connectivity index (χ3n) is 1.25. The maximum absolute atomic E-state index is 5.05. The minimum absolute atomic E-state index is 0. The maximum Gasteiger partial charge on any atom is 0.0892 e. The van der Waals surface area contributed by atoms with Crippen LogP contribution in [-0.2, 0) is 0 Å². The summed E-state index contributed by atoms with van der Waals surface area (Å²) in [6.07, 6.45) is 1.08. The van der Waals surface area contributed by atoms with Gasteiger partial charge in [0.1, 0.15) is 0 Å². The molecule has 0 atom stereocenters. The van der Waals surface area contributed by atoms with E-state index >= 15 is 0 Å². The molecule has 0 saturated carbocycles. The summed E-state index contributed by atoms with van der Waals surface area (Å²) in [4.78, 5) is 9.99. The fraction of sp³-hybridized carbons (Fsp3) is 0.900. The van der Waals surface area contributed by atoms with Crippen LogP contribution in [-0.4, -0.2) is 56.4 Å². The highest BCUT2D eigenvalue weighted by atomic mass is 35.5. The van der Waals surface area contributed by atoms with E-state index in [2.05, 4.69) is 35.0 Å². The molecule has 0 rings (SSSR count). The van der Waals surface area contributed by atoms with E-state index < -0.39 is 0 Å². The van der Waals surface area contributed by atoms with E-state index in [1.807, 2.05) is 6.92 Å². The molecule has 0 aliphatic heterocycles. The van der Waals surface area contributed by atoms with Crippen LogP contribution in [0.1, 0.15) is 13.3 Å². The third-order valence-corrected chi connectivity index (χ3v) is 1.82. The highest BCUT2D eigenvalue weighted by Crippen LogP contribution is 1.82. The van der Waals surface area contributed by atoms with Gasteiger partial charge in [0.05, 0.1) is 12.6 Å². The number of rotatable bonds is 6. The van der Waals surface area contributed by atoms with Gasteiger partial charge in [-0.1, -0.05) is 0 Å². The van der Waals surface area contributed by atoms with Gasteiger partial charge in [0.25, 0.3) is 0 Å². The number of alkyl halides is 2. The fourth-order valence-corrected chi connectivity index (χ4v) is 0.637. The molecule has 0 unspecified atom stereocenters. The van der Waals surface area contributed by atoms with E-state index in [9.17, 15) is 0 Å². The Morgan fingerprint density at radius 2 is 1.69 bits per heavy atom. The van der Waals surface area contributed by atoms with Crippen LogP contribution in [0.2, 0.25) is 0 Å². The summed E-state index contributed by atoms with van der Waals surface area (Å²) < 4.78 is 0. The third kappa shape index (κ3) is 29.2. The van der Waals surface area contributed by atoms with E-state index in [0.717, 1.165) is 26.1 Å². The average Bonchev–Trinajstić information content (AvgIpc) is 2.23. The molecule has 0 spiro atoms. The highest BCUT2D eigenvalue weighted by Gasteiger charge is 1.86. The second-order valence-electron chi connectivity index (χ2n) is 2.99. The van der Waals surface area contributed by atoms with Crippen molar-refractivity contribution in [2.24, 2.45) is 9.98 Å². The zero-order valence-corrected chi connectivity index (χ0v) is 12.6. The minimum Gasteiger partial charge on any atom is -0.309 e. The smallest absolute Gasteiger partial charge is 0.0892 e. The molecule has 98 valence electrons. The van der Waals surface area contributed by atoms with Gasteiger partial charge in [-0.2, -0.15) is 0 Å². The lowest BCUT2D eigenvalue weighted by molar-refractivity contribution is 0.403. The molecule has 3 nitrogen and oxygen atoms in total. The Hall–Kier alpha value is 0.210. The fourth-order valence-electron chi connectivity index (χ4n) is 0.637. The molecule has 0 aliphatic rings. The number of hydrogen-bond acceptors (Lipinski definition) is 3. The molecule has 0 aliphatic carbocycles. The predicted octanol–water partition coefficient (Wildman–Crippen LogP) is 3.02. The summed E-state index contributed by atoms with van der Waals surface area (Å²) in [5.74, 6) is 1.11. The molecule has 0 radical (unpaired) electrons. The normalized spacial score (nSPS) is 8.38. The molecule has 0 N–H and O–H groups in total. The van der Waals surface area contributed by atoms with Gasteiger partial charge in [-0.15, -0.1) is 35.6 Å². The Bertz CT molecular complexity index is 167. The topological polar surface area (TPSA) is 28.0 Å². The van der Waals surface area contributed by atoms with E-state index in [4.69, 9.17) is 23.2 Å². The quantitative estimate of drug-likeness (QED) is 0.420. The summed E-state index contributed by atoms with van der Waals surface area (Å²) >= 11 is 10.1. The molecular weight excluding hydrogens is 268 g/mol. The van der Waals surface area contributed by atoms with Crippen molar-refractivity contribution in [3.8, 4) is 0 Å². The van der Waals surface area contributed by atoms with Crippen LogP contribution < -0.4 is 0 Å². The van der Waals surface area contributed by atoms with Gasteiger partial charge in [-0.3, -0.25) is 0 Å². The number of hydrogen-bond donors (Lipinski definition) is 0. The first kappa shape index (κ1) is 21.5. The van der Waals surface area contributed by atoms with Crippen molar-refractivity contribution < 1.29 is 0 Å². The second-order valence-corrected chi connectivity index (χ2v) is 3.75. The lowest BCUT2D eigenvalue weighted by atomic mass is 10.4. The maximum atomic E-state index is 5.05. The monoisotopic (exact) mass is 289 g/mol. The Labute approximate surface area is 115 Å². The molecule has 0 bridgehead atoms. The Morgan fingerprint density at radius 1 is 1.12 bits per heavy atom. The highest BCUT2D eigenvalue weighted by molar-refractivity contribution is 6.25. The van der Waals surface area contributed by atoms with Crippen LogP contribution in [0, 0.1) is 0 Å². The Balaban J connectivity index is -0.000000292. The number of aliphatic imine (C=N–C) groups is 2. The van der Waals surface area contributed by atoms with Crippen molar-refractivity contribution >= 4 is 41.6 Å². The molecule has 6 heteroatoms. The molecule has 0 aromatic carbocycles. The van der Waals surface area contributed by atoms with Crippen molar-refractivity contribution in [1.82, 2.24) is 4.90 Å². The average molecular weight is 291 g/mol. The SMILES string of the molecule is CCN=C=NCCCN(C)C.Cl.ClCCCl. The number of halogens is 3. The molecular formula is C10H22Cl3N3. The van der Waals surface area contributed by atoms with Gasteiger partial charge in [0, 0.05) is 18.3 Å². The van der Waals surface area contributed by atoms with E-state index in [1.54, 1.807) is 0 Å². The van der Waals surface area contributed by atoms with Crippen molar-refractivity contribution in [3.63, 3.8) is 0 Å². The molecule has 0 aromatic heterocycles. The Morgan fingerprint density at radius 3 is 2.06 bits per heavy atom. The van der Waals surface area contributed by atoms with E-state index in [0.29, 0.717) is 11.8 Å². The minimum atomic E-state index is 0. The molecule has 16 heavy (non-hydrogen) atoms. The summed E-state index contributed by atoms with van der Waals surface area (Å²) in [5, 5.41) is 0. The van der Waals surface area contributed by atoms with Crippen LogP contribution >= 0.6 is 35.6 Å². The number of nitrogens with zero attached hydrogens (tertiary/aromatic N) is 3. The zero-order valence-electron chi connectivity index (χ0n) is 10.2. The molecule has 0 saturated heterocycles. The van der Waals surface area contributed by atoms with Gasteiger partial charge in [0.15, 0.2) is 0 Å². The molecule has 0 fully saturated rings. The molecule has 0 amide bonds. The van der Waals surface area contributed by atoms with Crippen molar-refractivity contribution in [2.75, 3.05) is 45.5 Å². The van der Waals surface area contributed by atoms with Crippen molar-refractivity contribution in [3.05, 3.63) is 0 Å². The predicted molar refractivity (Wildman–Crippen MR) is 77.1 cm³/mol. The standard InChI is InChI=1S/C8H17N3.C2H4Cl2.ClH/c1-4-9-8-10-6-5-7-11(2)3;3-1-2-4;/h4-7H2,1-3H3;1-2H2;1H. The first-order chi connectivity index (χ1) is 7.18. The zero-order chi connectivity index (χ0) is 11.9. The van der Waals surface area contributed by atoms with Crippen LogP contribution in [0.4, 0.5) is 0 Å². The van der Waals surface area contributed by atoms with Crippen LogP contribution in [0.25, 0.3) is 0 Å². The van der Waals surface area contributed by atoms with Crippen LogP contribution in [0.3, 0.4) is 0 Å². The van der Waals surface area contributed by atoms with Crippen molar-refractivity contribution in [2.45, 2.75) is 13.3 Å². The summed E-state index contributed by atoms with van der Waals surface area (Å²) in [7, 11) is 4.12. The summed E-state index contributed by atoms with van der Waals surface area (Å²) in [5.41, 5.74) is 0. The first-order valence-electron chi connectivity index (χ1n) is 5.03. The van der Waals surface area contributed by atoms with Gasteiger partial charge in [0.2, 0.25) is 0 Å². The van der Waals surface area contributed by atoms with Crippen LogP contribution in [0.15, 0.2) is 9.98 Å². The van der Waals surface area contributed by atoms with Gasteiger partial charge < -0.3 is 4.90 Å². The van der Waals surface area contributed by atoms with Gasteiger partial charge in [-0.25, -0.2) is 9.98 Å². The van der Waals surface area contributed by atoms with E-state index in [-0.39, 0.29) is 12.4 Å². The van der Waals surface area contributed by atoms with Crippen molar-refractivity contribution in [1.29, 1.82) is 0 Å². The van der Waals surface area contributed by atoms with Gasteiger partial charge in [-0.05, 0) is 34.0 Å². The Kier molecular flexibility index (Phi) is 27.7. The summed E-state index contributed by atoms with van der Waals surface area (Å²) in [6.45, 7) is 4.67.